The highest BCUT2D eigenvalue weighted by molar-refractivity contribution is 4.90. The fraction of sp³-hybridized carbons (Fsp3) is 1.00. The van der Waals surface area contributed by atoms with Crippen molar-refractivity contribution in [2.24, 2.45) is 0 Å². The van der Waals surface area contributed by atoms with E-state index in [-0.39, 0.29) is 19.8 Å². The number of rotatable bonds is 4. The van der Waals surface area contributed by atoms with Crippen LogP contribution in [0.3, 0.4) is 0 Å². The Bertz CT molecular complexity index is 508. The third-order valence-electron chi connectivity index (χ3n) is 4.93. The Hall–Kier alpha value is -0.520. The first-order valence-corrected chi connectivity index (χ1v) is 8.81. The first kappa shape index (κ1) is 22.2. The predicted molar refractivity (Wildman–Crippen MR) is 83.2 cm³/mol. The fourth-order valence-electron chi connectivity index (χ4n) is 3.19. The Morgan fingerprint density at radius 1 is 0.536 bits per heavy atom. The second-order valence-electron chi connectivity index (χ2n) is 6.99. The molecule has 12 atom stereocenters. The summed E-state index contributed by atoms with van der Waals surface area (Å²) in [6.07, 6.45) is -17.5. The van der Waals surface area contributed by atoms with Crippen molar-refractivity contribution >= 4 is 0 Å². The van der Waals surface area contributed by atoms with Gasteiger partial charge in [-0.15, -0.1) is 0 Å². The lowest BCUT2D eigenvalue weighted by molar-refractivity contribution is -0.351. The van der Waals surface area contributed by atoms with Crippen molar-refractivity contribution in [2.75, 3.05) is 19.8 Å². The van der Waals surface area contributed by atoms with Crippen LogP contribution in [-0.4, -0.2) is 134 Å². The molecule has 164 valence electrons. The maximum Gasteiger partial charge on any atom is 0.186 e. The largest absolute Gasteiger partial charge is 0.388 e. The summed E-state index contributed by atoms with van der Waals surface area (Å²) in [5, 5.41) is 78.6. The van der Waals surface area contributed by atoms with Crippen molar-refractivity contribution in [1.29, 1.82) is 0 Å². The standard InChI is InChI=1S/C15H26O13/c16-4-1-25-14(10(21)7(4)18)28-12-5(17)2-26-15(11(12)22)27-6-3-24-13(23)9(20)8(6)19/h4-23H,1-3H2/t4-,5-,6-,7+,8+,9-,10-,11-,12+,13-,14+,15+/m1/s1. The summed E-state index contributed by atoms with van der Waals surface area (Å²) in [7, 11) is 0. The van der Waals surface area contributed by atoms with Crippen LogP contribution in [0.25, 0.3) is 0 Å². The Balaban J connectivity index is 1.62. The lowest BCUT2D eigenvalue weighted by atomic mass is 10.0. The van der Waals surface area contributed by atoms with Crippen LogP contribution in [0.4, 0.5) is 0 Å². The van der Waals surface area contributed by atoms with Crippen molar-refractivity contribution in [2.45, 2.75) is 73.8 Å². The molecule has 13 nitrogen and oxygen atoms in total. The molecule has 3 rings (SSSR count). The summed E-state index contributed by atoms with van der Waals surface area (Å²) < 4.78 is 25.9. The highest BCUT2D eigenvalue weighted by atomic mass is 16.7. The lowest BCUT2D eigenvalue weighted by Gasteiger charge is -2.43. The molecule has 28 heavy (non-hydrogen) atoms. The molecule has 13 heteroatoms. The highest BCUT2D eigenvalue weighted by Crippen LogP contribution is 2.27. The second-order valence-corrected chi connectivity index (χ2v) is 6.99. The Labute approximate surface area is 159 Å². The van der Waals surface area contributed by atoms with E-state index < -0.39 is 73.8 Å². The summed E-state index contributed by atoms with van der Waals surface area (Å²) in [5.41, 5.74) is 0. The van der Waals surface area contributed by atoms with Gasteiger partial charge in [-0.2, -0.15) is 0 Å². The van der Waals surface area contributed by atoms with E-state index in [1.54, 1.807) is 0 Å². The summed E-state index contributed by atoms with van der Waals surface area (Å²) in [6.45, 7) is -0.964. The zero-order valence-corrected chi connectivity index (χ0v) is 14.7. The van der Waals surface area contributed by atoms with Crippen molar-refractivity contribution in [1.82, 2.24) is 0 Å². The van der Waals surface area contributed by atoms with E-state index in [0.29, 0.717) is 0 Å². The molecule has 0 saturated carbocycles. The Morgan fingerprint density at radius 3 is 1.82 bits per heavy atom. The van der Waals surface area contributed by atoms with Crippen molar-refractivity contribution in [3.63, 3.8) is 0 Å². The number of hydrogen-bond donors (Lipinski definition) is 8. The molecule has 0 aromatic heterocycles. The van der Waals surface area contributed by atoms with Crippen LogP contribution in [0, 0.1) is 0 Å². The van der Waals surface area contributed by atoms with E-state index in [1.807, 2.05) is 0 Å². The Kier molecular flexibility index (Phi) is 7.20. The molecular formula is C15H26O13. The van der Waals surface area contributed by atoms with Gasteiger partial charge < -0.3 is 64.5 Å². The summed E-state index contributed by atoms with van der Waals surface area (Å²) >= 11 is 0. The van der Waals surface area contributed by atoms with Gasteiger partial charge in [0.05, 0.1) is 19.8 Å². The zero-order chi connectivity index (χ0) is 20.6. The maximum atomic E-state index is 10.5. The lowest BCUT2D eigenvalue weighted by Crippen LogP contribution is -2.62. The molecule has 3 aliphatic heterocycles. The number of aliphatic hydroxyl groups is 8. The Morgan fingerprint density at radius 2 is 1.14 bits per heavy atom. The molecule has 0 spiro atoms. The van der Waals surface area contributed by atoms with Gasteiger partial charge in [0, 0.05) is 0 Å². The summed E-state index contributed by atoms with van der Waals surface area (Å²) in [4.78, 5) is 0. The molecule has 0 unspecified atom stereocenters. The van der Waals surface area contributed by atoms with Gasteiger partial charge in [-0.1, -0.05) is 0 Å². The molecule has 8 N–H and O–H groups in total. The summed E-state index contributed by atoms with van der Waals surface area (Å²) in [6, 6.07) is 0. The van der Waals surface area contributed by atoms with Gasteiger partial charge in [0.15, 0.2) is 18.9 Å². The minimum Gasteiger partial charge on any atom is -0.388 e. The third kappa shape index (κ3) is 4.46. The average molecular weight is 414 g/mol. The van der Waals surface area contributed by atoms with Crippen molar-refractivity contribution in [3.8, 4) is 0 Å². The molecule has 0 amide bonds. The summed E-state index contributed by atoms with van der Waals surface area (Å²) in [5.74, 6) is 0. The van der Waals surface area contributed by atoms with Gasteiger partial charge in [0.1, 0.15) is 54.9 Å². The number of hydrogen-bond acceptors (Lipinski definition) is 13. The minimum atomic E-state index is -1.63. The fourth-order valence-corrected chi connectivity index (χ4v) is 3.19. The van der Waals surface area contributed by atoms with Crippen LogP contribution in [0.5, 0.6) is 0 Å². The molecule has 0 aromatic rings. The molecule has 0 aromatic carbocycles. The van der Waals surface area contributed by atoms with Crippen LogP contribution in [0.1, 0.15) is 0 Å². The molecule has 3 aliphatic rings. The van der Waals surface area contributed by atoms with Crippen LogP contribution in [0.2, 0.25) is 0 Å². The first-order chi connectivity index (χ1) is 13.2. The highest BCUT2D eigenvalue weighted by Gasteiger charge is 2.48. The van der Waals surface area contributed by atoms with E-state index in [2.05, 4.69) is 0 Å². The van der Waals surface area contributed by atoms with E-state index in [0.717, 1.165) is 0 Å². The second kappa shape index (κ2) is 9.09. The van der Waals surface area contributed by atoms with Gasteiger partial charge in [-0.05, 0) is 0 Å². The van der Waals surface area contributed by atoms with Crippen LogP contribution in [0.15, 0.2) is 0 Å². The average Bonchev–Trinajstić information content (AvgIpc) is 2.67. The zero-order valence-electron chi connectivity index (χ0n) is 14.7. The van der Waals surface area contributed by atoms with Crippen molar-refractivity contribution < 1.29 is 64.5 Å². The van der Waals surface area contributed by atoms with Crippen LogP contribution < -0.4 is 0 Å². The molecule has 3 heterocycles. The van der Waals surface area contributed by atoms with E-state index in [4.69, 9.17) is 23.7 Å². The monoisotopic (exact) mass is 414 g/mol. The molecule has 0 aliphatic carbocycles. The van der Waals surface area contributed by atoms with Crippen LogP contribution >= 0.6 is 0 Å². The smallest absolute Gasteiger partial charge is 0.186 e. The topological polar surface area (TPSA) is 208 Å². The van der Waals surface area contributed by atoms with Crippen LogP contribution in [-0.2, 0) is 23.7 Å². The number of ether oxygens (including phenoxy) is 5. The normalized spacial score (nSPS) is 53.1. The predicted octanol–water partition coefficient (Wildman–Crippen LogP) is -5.66. The van der Waals surface area contributed by atoms with E-state index in [9.17, 15) is 40.9 Å². The molecule has 3 saturated heterocycles. The van der Waals surface area contributed by atoms with Gasteiger partial charge >= 0.3 is 0 Å². The molecular weight excluding hydrogens is 388 g/mol. The first-order valence-electron chi connectivity index (χ1n) is 8.81. The van der Waals surface area contributed by atoms with Gasteiger partial charge in [-0.25, -0.2) is 0 Å². The molecule has 0 bridgehead atoms. The minimum absolute atomic E-state index is 0.297. The van der Waals surface area contributed by atoms with Gasteiger partial charge in [0.2, 0.25) is 0 Å². The van der Waals surface area contributed by atoms with Gasteiger partial charge in [0.25, 0.3) is 0 Å². The maximum absolute atomic E-state index is 10.5. The van der Waals surface area contributed by atoms with E-state index in [1.165, 1.54) is 0 Å². The third-order valence-corrected chi connectivity index (χ3v) is 4.93. The quantitative estimate of drug-likeness (QED) is 0.216. The number of aliphatic hydroxyl groups excluding tert-OH is 8. The van der Waals surface area contributed by atoms with Crippen molar-refractivity contribution in [3.05, 3.63) is 0 Å². The van der Waals surface area contributed by atoms with E-state index >= 15 is 0 Å². The van der Waals surface area contributed by atoms with Gasteiger partial charge in [-0.3, -0.25) is 0 Å². The molecule has 3 fully saturated rings. The molecule has 0 radical (unpaired) electrons. The SMILES string of the molecule is O[C@@H]1[C@@H](O)[C@H](O[C@@H]2[C@@H](O)[C@H](O[C@@H]3CO[C@@H](O)[C@H](O)[C@H]3O)OC[C@H]2O)OC[C@H]1O.